The lowest BCUT2D eigenvalue weighted by Crippen LogP contribution is -2.04. The fraction of sp³-hybridized carbons (Fsp3) is 0.0769. The van der Waals surface area contributed by atoms with E-state index >= 15 is 0 Å². The Hall–Kier alpha value is -0.880. The lowest BCUT2D eigenvalue weighted by Gasteiger charge is -2.18. The van der Waals surface area contributed by atoms with Gasteiger partial charge in [-0.15, -0.1) is 0 Å². The predicted octanol–water partition coefficient (Wildman–Crippen LogP) is 4.06. The Morgan fingerprint density at radius 1 is 1.12 bits per heavy atom. The summed E-state index contributed by atoms with van der Waals surface area (Å²) in [7, 11) is -2.30. The van der Waals surface area contributed by atoms with Gasteiger partial charge in [0.25, 0.3) is 0 Å². The van der Waals surface area contributed by atoms with E-state index in [1.54, 1.807) is 6.26 Å². The van der Waals surface area contributed by atoms with Gasteiger partial charge in [0.1, 0.15) is 0 Å². The second-order valence-electron chi connectivity index (χ2n) is 4.05. The first kappa shape index (κ1) is 11.2. The molecule has 1 aliphatic heterocycles. The van der Waals surface area contributed by atoms with Gasteiger partial charge in [0, 0.05) is 21.0 Å². The van der Waals surface area contributed by atoms with Crippen molar-refractivity contribution in [1.82, 2.24) is 0 Å². The summed E-state index contributed by atoms with van der Waals surface area (Å²) in [6.45, 7) is 0. The molecule has 1 aliphatic rings. The Labute approximate surface area is 114 Å². The van der Waals surface area contributed by atoms with Crippen molar-refractivity contribution < 1.29 is 4.21 Å². The van der Waals surface area contributed by atoms with Crippen molar-refractivity contribution in [1.29, 1.82) is 0 Å². The van der Waals surface area contributed by atoms with Gasteiger partial charge >= 0.3 is 0 Å². The topological polar surface area (TPSA) is 29.4 Å². The highest BCUT2D eigenvalue weighted by molar-refractivity contribution is 14.1. The normalized spacial score (nSPS) is 21.3. The van der Waals surface area contributed by atoms with E-state index in [1.807, 2.05) is 36.4 Å². The Kier molecular flexibility index (Phi) is 2.52. The van der Waals surface area contributed by atoms with E-state index in [0.29, 0.717) is 0 Å². The number of halogens is 1. The molecule has 86 valence electrons. The molecule has 0 fully saturated rings. The van der Waals surface area contributed by atoms with Gasteiger partial charge in [-0.1, -0.05) is 18.2 Å². The SMILES string of the molecule is CS1(=O)=Nc2ccc(I)cc2-c2ccccc21. The van der Waals surface area contributed by atoms with Crippen LogP contribution >= 0.6 is 22.6 Å². The van der Waals surface area contributed by atoms with Crippen LogP contribution in [0.3, 0.4) is 0 Å². The summed E-state index contributed by atoms with van der Waals surface area (Å²) in [5.41, 5.74) is 2.95. The van der Waals surface area contributed by atoms with E-state index < -0.39 is 9.73 Å². The van der Waals surface area contributed by atoms with Crippen molar-refractivity contribution in [2.75, 3.05) is 6.26 Å². The molecule has 0 bridgehead atoms. The van der Waals surface area contributed by atoms with Crippen LogP contribution in [0.25, 0.3) is 11.1 Å². The standard InChI is InChI=1S/C13H10INOS/c1-17(16)13-5-3-2-4-10(13)11-8-9(14)6-7-12(11)15-17/h2-8H,1H3. The second kappa shape index (κ2) is 3.81. The molecule has 0 aliphatic carbocycles. The lowest BCUT2D eigenvalue weighted by atomic mass is 10.0. The monoisotopic (exact) mass is 355 g/mol. The van der Waals surface area contributed by atoms with Crippen LogP contribution in [0.5, 0.6) is 0 Å². The van der Waals surface area contributed by atoms with Crippen LogP contribution < -0.4 is 0 Å². The lowest BCUT2D eigenvalue weighted by molar-refractivity contribution is 0.680. The summed E-state index contributed by atoms with van der Waals surface area (Å²) in [4.78, 5) is 0.842. The van der Waals surface area contributed by atoms with Crippen LogP contribution in [0.15, 0.2) is 51.7 Å². The van der Waals surface area contributed by atoms with Crippen LogP contribution in [-0.2, 0) is 9.73 Å². The molecule has 0 aromatic heterocycles. The Balaban J connectivity index is 2.47. The van der Waals surface area contributed by atoms with Crippen LogP contribution in [0.2, 0.25) is 0 Å². The third kappa shape index (κ3) is 1.79. The Bertz CT molecular complexity index is 730. The fourth-order valence-electron chi connectivity index (χ4n) is 2.06. The number of hydrogen-bond donors (Lipinski definition) is 0. The Morgan fingerprint density at radius 2 is 1.88 bits per heavy atom. The van der Waals surface area contributed by atoms with Crippen molar-refractivity contribution in [3.05, 3.63) is 46.0 Å². The van der Waals surface area contributed by atoms with Crippen LogP contribution in [0.4, 0.5) is 5.69 Å². The van der Waals surface area contributed by atoms with Gasteiger partial charge in [-0.05, 0) is 46.9 Å². The van der Waals surface area contributed by atoms with Crippen molar-refractivity contribution in [2.24, 2.45) is 4.36 Å². The highest BCUT2D eigenvalue weighted by Gasteiger charge is 2.20. The number of nitrogens with zero attached hydrogens (tertiary/aromatic N) is 1. The zero-order valence-electron chi connectivity index (χ0n) is 9.18. The number of hydrogen-bond acceptors (Lipinski definition) is 2. The fourth-order valence-corrected chi connectivity index (χ4v) is 4.10. The van der Waals surface area contributed by atoms with E-state index in [1.165, 1.54) is 0 Å². The first-order chi connectivity index (χ1) is 8.08. The molecule has 0 radical (unpaired) electrons. The number of fused-ring (bicyclic) bond motifs is 3. The molecule has 17 heavy (non-hydrogen) atoms. The summed E-state index contributed by atoms with van der Waals surface area (Å²) in [5, 5.41) is 0. The van der Waals surface area contributed by atoms with Crippen molar-refractivity contribution in [2.45, 2.75) is 4.90 Å². The quantitative estimate of drug-likeness (QED) is 0.656. The van der Waals surface area contributed by atoms with E-state index in [2.05, 4.69) is 33.0 Å². The maximum atomic E-state index is 12.5. The first-order valence-corrected chi connectivity index (χ1v) is 8.19. The first-order valence-electron chi connectivity index (χ1n) is 5.19. The van der Waals surface area contributed by atoms with Gasteiger partial charge in [0.15, 0.2) is 0 Å². The van der Waals surface area contributed by atoms with Crippen molar-refractivity contribution in [3.8, 4) is 11.1 Å². The summed E-state index contributed by atoms with van der Waals surface area (Å²) >= 11 is 2.28. The van der Waals surface area contributed by atoms with Crippen LogP contribution in [0, 0.1) is 3.57 Å². The van der Waals surface area contributed by atoms with Crippen LogP contribution in [-0.4, -0.2) is 10.5 Å². The minimum Gasteiger partial charge on any atom is -0.245 e. The zero-order valence-corrected chi connectivity index (χ0v) is 12.2. The van der Waals surface area contributed by atoms with Gasteiger partial charge in [-0.2, -0.15) is 4.36 Å². The molecule has 4 heteroatoms. The smallest absolute Gasteiger partial charge is 0.0813 e. The van der Waals surface area contributed by atoms with E-state index in [4.69, 9.17) is 0 Å². The van der Waals surface area contributed by atoms with Crippen molar-refractivity contribution >= 4 is 38.0 Å². The zero-order chi connectivity index (χ0) is 12.0. The van der Waals surface area contributed by atoms with E-state index in [-0.39, 0.29) is 0 Å². The molecular weight excluding hydrogens is 345 g/mol. The third-order valence-electron chi connectivity index (χ3n) is 2.82. The second-order valence-corrected chi connectivity index (χ2v) is 7.52. The van der Waals surface area contributed by atoms with Crippen molar-refractivity contribution in [3.63, 3.8) is 0 Å². The van der Waals surface area contributed by atoms with Gasteiger partial charge in [0.05, 0.1) is 20.3 Å². The van der Waals surface area contributed by atoms with Gasteiger partial charge in [-0.25, -0.2) is 4.21 Å². The van der Waals surface area contributed by atoms with E-state index in [0.717, 1.165) is 25.3 Å². The molecule has 2 aromatic rings. The molecule has 2 aromatic carbocycles. The number of rotatable bonds is 0. The van der Waals surface area contributed by atoms with E-state index in [9.17, 15) is 4.21 Å². The summed E-state index contributed by atoms with van der Waals surface area (Å²) in [5.74, 6) is 0. The minimum atomic E-state index is -2.30. The molecule has 0 saturated carbocycles. The molecule has 1 atom stereocenters. The Morgan fingerprint density at radius 3 is 2.71 bits per heavy atom. The largest absolute Gasteiger partial charge is 0.245 e. The number of benzene rings is 2. The summed E-state index contributed by atoms with van der Waals surface area (Å²) < 4.78 is 18.1. The molecule has 0 amide bonds. The van der Waals surface area contributed by atoms with Gasteiger partial charge in [0.2, 0.25) is 0 Å². The molecule has 0 N–H and O–H groups in total. The molecule has 1 unspecified atom stereocenters. The highest BCUT2D eigenvalue weighted by Crippen LogP contribution is 2.41. The molecule has 0 saturated heterocycles. The van der Waals surface area contributed by atoms with Gasteiger partial charge in [-0.3, -0.25) is 0 Å². The average Bonchev–Trinajstić information content (AvgIpc) is 2.30. The third-order valence-corrected chi connectivity index (χ3v) is 5.20. The summed E-state index contributed by atoms with van der Waals surface area (Å²) in [6.07, 6.45) is 1.70. The molecule has 2 nitrogen and oxygen atoms in total. The summed E-state index contributed by atoms with van der Waals surface area (Å²) in [6, 6.07) is 13.8. The average molecular weight is 355 g/mol. The molecular formula is C13H10INOS. The molecule has 3 rings (SSSR count). The van der Waals surface area contributed by atoms with Gasteiger partial charge < -0.3 is 0 Å². The molecule has 0 spiro atoms. The highest BCUT2D eigenvalue weighted by atomic mass is 127. The van der Waals surface area contributed by atoms with Crippen LogP contribution in [0.1, 0.15) is 0 Å². The minimum absolute atomic E-state index is 0.830. The maximum Gasteiger partial charge on any atom is 0.0813 e. The maximum absolute atomic E-state index is 12.5. The molecule has 1 heterocycles. The predicted molar refractivity (Wildman–Crippen MR) is 79.0 cm³/mol.